The number of hydrogen-bond acceptors (Lipinski definition) is 5. The normalized spacial score (nSPS) is 12.2. The molecule has 204 valence electrons. The van der Waals surface area contributed by atoms with Gasteiger partial charge in [0.25, 0.3) is 0 Å². The number of hydrogen-bond donors (Lipinski definition) is 1. The molecule has 37 heavy (non-hydrogen) atoms. The average molecular weight is 532 g/mol. The van der Waals surface area contributed by atoms with Gasteiger partial charge in [0.15, 0.2) is 0 Å². The highest BCUT2D eigenvalue weighted by Gasteiger charge is 2.28. The second-order valence-electron chi connectivity index (χ2n) is 9.52. The molecule has 0 heterocycles. The largest absolute Gasteiger partial charge is 0.497 e. The van der Waals surface area contributed by atoms with Gasteiger partial charge in [-0.15, -0.1) is 0 Å². The zero-order valence-electron chi connectivity index (χ0n) is 22.6. The van der Waals surface area contributed by atoms with Crippen molar-refractivity contribution in [1.82, 2.24) is 10.2 Å². The number of sulfonamides is 1. The van der Waals surface area contributed by atoms with E-state index in [0.717, 1.165) is 11.8 Å². The van der Waals surface area contributed by atoms with Crippen LogP contribution in [0, 0.1) is 5.92 Å². The van der Waals surface area contributed by atoms with Gasteiger partial charge >= 0.3 is 0 Å². The van der Waals surface area contributed by atoms with E-state index in [4.69, 9.17) is 4.74 Å². The molecule has 8 nitrogen and oxygen atoms in total. The molecule has 0 aliphatic heterocycles. The van der Waals surface area contributed by atoms with Crippen LogP contribution in [0.5, 0.6) is 5.75 Å². The number of amides is 2. The topological polar surface area (TPSA) is 96.0 Å². The number of anilines is 1. The average Bonchev–Trinajstić information content (AvgIpc) is 2.87. The minimum atomic E-state index is -3.55. The monoisotopic (exact) mass is 531 g/mol. The molecule has 0 bridgehead atoms. The van der Waals surface area contributed by atoms with Gasteiger partial charge in [0.1, 0.15) is 11.8 Å². The molecule has 1 atom stereocenters. The molecular formula is C28H41N3O5S. The second-order valence-corrected chi connectivity index (χ2v) is 11.4. The highest BCUT2D eigenvalue weighted by molar-refractivity contribution is 7.92. The van der Waals surface area contributed by atoms with Crippen LogP contribution in [0.1, 0.15) is 45.6 Å². The number of carbonyl (C=O) groups excluding carboxylic acids is 2. The smallest absolute Gasteiger partial charge is 0.242 e. The molecule has 0 saturated heterocycles. The van der Waals surface area contributed by atoms with E-state index in [-0.39, 0.29) is 24.8 Å². The molecule has 0 aromatic heterocycles. The molecule has 0 aliphatic carbocycles. The lowest BCUT2D eigenvalue weighted by atomic mass is 10.1. The van der Waals surface area contributed by atoms with Gasteiger partial charge in [0, 0.05) is 26.1 Å². The summed E-state index contributed by atoms with van der Waals surface area (Å²) in [5.41, 5.74) is 1.59. The molecule has 2 aromatic rings. The fraction of sp³-hybridized carbons (Fsp3) is 0.500. The van der Waals surface area contributed by atoms with Crippen molar-refractivity contribution in [1.29, 1.82) is 0 Å². The van der Waals surface area contributed by atoms with Crippen LogP contribution in [0.2, 0.25) is 0 Å². The molecule has 0 unspecified atom stereocenters. The Morgan fingerprint density at radius 1 is 1.00 bits per heavy atom. The lowest BCUT2D eigenvalue weighted by molar-refractivity contribution is -0.140. The van der Waals surface area contributed by atoms with Crippen molar-refractivity contribution in [3.05, 3.63) is 60.2 Å². The quantitative estimate of drug-likeness (QED) is 0.377. The maximum atomic E-state index is 13.4. The molecule has 2 aromatic carbocycles. The summed E-state index contributed by atoms with van der Waals surface area (Å²) < 4.78 is 31.4. The number of nitrogens with one attached hydrogen (secondary N) is 1. The first kappa shape index (κ1) is 30.2. The van der Waals surface area contributed by atoms with Crippen LogP contribution in [0.4, 0.5) is 5.69 Å². The lowest BCUT2D eigenvalue weighted by Crippen LogP contribution is -2.50. The van der Waals surface area contributed by atoms with Crippen LogP contribution in [-0.4, -0.2) is 64.2 Å². The summed E-state index contributed by atoms with van der Waals surface area (Å²) in [5, 5.41) is 2.96. The summed E-state index contributed by atoms with van der Waals surface area (Å²) in [6.07, 6.45) is 2.72. The molecule has 1 N–H and O–H groups in total. The van der Waals surface area contributed by atoms with Crippen molar-refractivity contribution >= 4 is 27.5 Å². The number of rotatable bonds is 15. The van der Waals surface area contributed by atoms with Crippen molar-refractivity contribution in [3.63, 3.8) is 0 Å². The third-order valence-electron chi connectivity index (χ3n) is 6.07. The van der Waals surface area contributed by atoms with E-state index in [9.17, 15) is 18.0 Å². The maximum absolute atomic E-state index is 13.4. The van der Waals surface area contributed by atoms with E-state index >= 15 is 0 Å². The molecular weight excluding hydrogens is 490 g/mol. The Hall–Kier alpha value is -3.07. The Morgan fingerprint density at radius 2 is 1.65 bits per heavy atom. The minimum absolute atomic E-state index is 0.130. The van der Waals surface area contributed by atoms with Crippen LogP contribution < -0.4 is 14.4 Å². The summed E-state index contributed by atoms with van der Waals surface area (Å²) in [5.74, 6) is 0.608. The van der Waals surface area contributed by atoms with Gasteiger partial charge in [-0.1, -0.05) is 51.1 Å². The molecule has 0 saturated carbocycles. The molecule has 9 heteroatoms. The lowest BCUT2D eigenvalue weighted by Gasteiger charge is -2.31. The van der Waals surface area contributed by atoms with Crippen molar-refractivity contribution in [2.75, 3.05) is 37.3 Å². The van der Waals surface area contributed by atoms with E-state index in [2.05, 4.69) is 5.32 Å². The predicted octanol–water partition coefficient (Wildman–Crippen LogP) is 3.86. The predicted molar refractivity (Wildman–Crippen MR) is 148 cm³/mol. The van der Waals surface area contributed by atoms with Gasteiger partial charge in [-0.25, -0.2) is 8.42 Å². The van der Waals surface area contributed by atoms with E-state index in [1.165, 1.54) is 4.31 Å². The summed E-state index contributed by atoms with van der Waals surface area (Å²) in [6.45, 7) is 7.05. The first-order valence-electron chi connectivity index (χ1n) is 12.8. The second kappa shape index (κ2) is 14.6. The van der Waals surface area contributed by atoms with E-state index in [1.54, 1.807) is 36.3 Å². The highest BCUT2D eigenvalue weighted by Crippen LogP contribution is 2.22. The summed E-state index contributed by atoms with van der Waals surface area (Å²) >= 11 is 0. The SMILES string of the molecule is CC[C@@H](C(=O)NCC(C)C)N(CCc1ccccc1)C(=O)CCCN(c1ccc(OC)cc1)S(C)(=O)=O. The zero-order chi connectivity index (χ0) is 27.4. The Kier molecular flexibility index (Phi) is 11.9. The first-order chi connectivity index (χ1) is 17.6. The van der Waals surface area contributed by atoms with Gasteiger partial charge in [-0.2, -0.15) is 0 Å². The van der Waals surface area contributed by atoms with Crippen molar-refractivity contribution in [2.24, 2.45) is 5.92 Å². The van der Waals surface area contributed by atoms with Crippen molar-refractivity contribution in [3.8, 4) is 5.75 Å². The third-order valence-corrected chi connectivity index (χ3v) is 7.26. The highest BCUT2D eigenvalue weighted by atomic mass is 32.2. The Bertz CT molecular complexity index is 1090. The standard InChI is InChI=1S/C28H41N3O5S/c1-6-26(28(33)29-21-22(2)3)30(20-18-23-11-8-7-9-12-23)27(32)13-10-19-31(37(5,34)35)24-14-16-25(36-4)17-15-24/h7-9,11-12,14-17,22,26H,6,10,13,18-21H2,1-5H3,(H,29,33)/t26-/m0/s1. The maximum Gasteiger partial charge on any atom is 0.242 e. The minimum Gasteiger partial charge on any atom is -0.497 e. The Labute approximate surface area is 222 Å². The molecule has 0 radical (unpaired) electrons. The van der Waals surface area contributed by atoms with E-state index < -0.39 is 16.1 Å². The van der Waals surface area contributed by atoms with Crippen molar-refractivity contribution < 1.29 is 22.7 Å². The molecule has 0 fully saturated rings. The number of carbonyl (C=O) groups is 2. The van der Waals surface area contributed by atoms with Gasteiger partial charge < -0.3 is 15.0 Å². The molecule has 0 spiro atoms. The van der Waals surface area contributed by atoms with Gasteiger partial charge in [-0.05, 0) is 55.0 Å². The zero-order valence-corrected chi connectivity index (χ0v) is 23.5. The third kappa shape index (κ3) is 9.72. The van der Waals surface area contributed by atoms with Crippen LogP contribution in [0.3, 0.4) is 0 Å². The fourth-order valence-electron chi connectivity index (χ4n) is 4.07. The van der Waals surface area contributed by atoms with E-state index in [0.29, 0.717) is 49.7 Å². The van der Waals surface area contributed by atoms with E-state index in [1.807, 2.05) is 51.1 Å². The molecule has 2 amide bonds. The number of ether oxygens (including phenoxy) is 1. The van der Waals surface area contributed by atoms with Gasteiger partial charge in [0.2, 0.25) is 21.8 Å². The first-order valence-corrected chi connectivity index (χ1v) is 14.6. The Balaban J connectivity index is 2.14. The van der Waals surface area contributed by atoms with Crippen LogP contribution in [-0.2, 0) is 26.0 Å². The molecule has 2 rings (SSSR count). The number of benzene rings is 2. The number of methoxy groups -OCH3 is 1. The molecule has 0 aliphatic rings. The summed E-state index contributed by atoms with van der Waals surface area (Å²) in [6, 6.07) is 16.0. The van der Waals surface area contributed by atoms with Crippen LogP contribution >= 0.6 is 0 Å². The van der Waals surface area contributed by atoms with Crippen LogP contribution in [0.15, 0.2) is 54.6 Å². The van der Waals surface area contributed by atoms with Crippen molar-refractivity contribution in [2.45, 2.75) is 52.5 Å². The number of nitrogens with zero attached hydrogens (tertiary/aromatic N) is 2. The summed E-state index contributed by atoms with van der Waals surface area (Å²) in [4.78, 5) is 28.1. The van der Waals surface area contributed by atoms with Gasteiger partial charge in [-0.3, -0.25) is 13.9 Å². The van der Waals surface area contributed by atoms with Gasteiger partial charge in [0.05, 0.1) is 19.1 Å². The van der Waals surface area contributed by atoms with Crippen LogP contribution in [0.25, 0.3) is 0 Å². The fourth-order valence-corrected chi connectivity index (χ4v) is 5.04. The summed E-state index contributed by atoms with van der Waals surface area (Å²) in [7, 11) is -2.00. The Morgan fingerprint density at radius 3 is 2.19 bits per heavy atom.